The summed E-state index contributed by atoms with van der Waals surface area (Å²) in [5, 5.41) is 9.79. The first-order valence-electron chi connectivity index (χ1n) is 4.66. The molecule has 1 N–H and O–H groups in total. The molecule has 14 heavy (non-hydrogen) atoms. The van der Waals surface area contributed by atoms with Gasteiger partial charge in [0.25, 0.3) is 0 Å². The molecule has 1 aromatic rings. The highest BCUT2D eigenvalue weighted by atomic mass is 16.5. The number of ether oxygens (including phenoxy) is 2. The summed E-state index contributed by atoms with van der Waals surface area (Å²) in [5.74, 6) is 0.280. The molecule has 0 unspecified atom stereocenters. The summed E-state index contributed by atoms with van der Waals surface area (Å²) < 4.78 is 10.2. The zero-order chi connectivity index (χ0) is 10.4. The quantitative estimate of drug-likeness (QED) is 0.783. The van der Waals surface area contributed by atoms with Gasteiger partial charge in [0.1, 0.15) is 5.75 Å². The lowest BCUT2D eigenvalue weighted by Gasteiger charge is -2.08. The molecule has 0 saturated carbocycles. The minimum absolute atomic E-state index is 0.280. The predicted molar refractivity (Wildman–Crippen MR) is 54.1 cm³/mol. The maximum absolute atomic E-state index is 9.79. The normalized spacial score (nSPS) is 10.4. The van der Waals surface area contributed by atoms with Gasteiger partial charge < -0.3 is 14.6 Å². The molecule has 0 spiro atoms. The van der Waals surface area contributed by atoms with Crippen LogP contribution in [0, 0.1) is 0 Å². The molecule has 0 aliphatic carbocycles. The van der Waals surface area contributed by atoms with E-state index >= 15 is 0 Å². The van der Waals surface area contributed by atoms with E-state index in [0.29, 0.717) is 19.8 Å². The van der Waals surface area contributed by atoms with Crippen molar-refractivity contribution in [2.45, 2.75) is 20.1 Å². The van der Waals surface area contributed by atoms with Gasteiger partial charge in [-0.15, -0.1) is 0 Å². The van der Waals surface area contributed by atoms with Gasteiger partial charge in [-0.25, -0.2) is 0 Å². The highest BCUT2D eigenvalue weighted by molar-refractivity contribution is 5.39. The first kappa shape index (κ1) is 11.0. The Labute approximate surface area is 84.3 Å². The topological polar surface area (TPSA) is 38.7 Å². The van der Waals surface area contributed by atoms with E-state index in [-0.39, 0.29) is 5.75 Å². The zero-order valence-electron chi connectivity index (χ0n) is 8.62. The Kier molecular flexibility index (Phi) is 4.43. The van der Waals surface area contributed by atoms with Gasteiger partial charge in [0, 0.05) is 24.8 Å². The smallest absolute Gasteiger partial charge is 0.126 e. The summed E-state index contributed by atoms with van der Waals surface area (Å²) in [6.45, 7) is 3.44. The molecule has 0 aromatic heterocycles. The van der Waals surface area contributed by atoms with Crippen molar-refractivity contribution in [2.75, 3.05) is 13.7 Å². The summed E-state index contributed by atoms with van der Waals surface area (Å²) in [6, 6.07) is 5.58. The second-order valence-electron chi connectivity index (χ2n) is 3.00. The molecule has 1 rings (SSSR count). The van der Waals surface area contributed by atoms with E-state index in [0.717, 1.165) is 11.1 Å². The lowest BCUT2D eigenvalue weighted by molar-refractivity contribution is 0.131. The molecule has 78 valence electrons. The summed E-state index contributed by atoms with van der Waals surface area (Å²) in [5.41, 5.74) is 1.60. The van der Waals surface area contributed by atoms with E-state index in [1.807, 2.05) is 25.1 Å². The molecule has 3 nitrogen and oxygen atoms in total. The van der Waals surface area contributed by atoms with E-state index in [2.05, 4.69) is 0 Å². The van der Waals surface area contributed by atoms with Crippen molar-refractivity contribution in [2.24, 2.45) is 0 Å². The second kappa shape index (κ2) is 5.62. The Bertz CT molecular complexity index is 284. The first-order valence-corrected chi connectivity index (χ1v) is 4.66. The number of rotatable bonds is 5. The molecule has 3 heteroatoms. The SMILES string of the molecule is CCOCc1cccc(COC)c1O. The molecule has 1 aromatic carbocycles. The van der Waals surface area contributed by atoms with Crippen LogP contribution in [0.3, 0.4) is 0 Å². The van der Waals surface area contributed by atoms with Crippen molar-refractivity contribution in [1.29, 1.82) is 0 Å². The van der Waals surface area contributed by atoms with E-state index in [1.54, 1.807) is 7.11 Å². The van der Waals surface area contributed by atoms with Crippen LogP contribution in [0.25, 0.3) is 0 Å². The van der Waals surface area contributed by atoms with Crippen LogP contribution in [0.2, 0.25) is 0 Å². The Morgan fingerprint density at radius 2 is 1.86 bits per heavy atom. The average molecular weight is 196 g/mol. The van der Waals surface area contributed by atoms with Crippen LogP contribution in [0.15, 0.2) is 18.2 Å². The summed E-state index contributed by atoms with van der Waals surface area (Å²) >= 11 is 0. The van der Waals surface area contributed by atoms with E-state index in [9.17, 15) is 5.11 Å². The maximum atomic E-state index is 9.79. The molecule has 0 atom stereocenters. The third-order valence-electron chi connectivity index (χ3n) is 1.96. The lowest BCUT2D eigenvalue weighted by Crippen LogP contribution is -1.96. The van der Waals surface area contributed by atoms with Crippen molar-refractivity contribution in [3.05, 3.63) is 29.3 Å². The fourth-order valence-electron chi connectivity index (χ4n) is 1.24. The maximum Gasteiger partial charge on any atom is 0.126 e. The monoisotopic (exact) mass is 196 g/mol. The summed E-state index contributed by atoms with van der Waals surface area (Å²) in [6.07, 6.45) is 0. The van der Waals surface area contributed by atoms with E-state index < -0.39 is 0 Å². The van der Waals surface area contributed by atoms with Crippen LogP contribution in [-0.2, 0) is 22.7 Å². The van der Waals surface area contributed by atoms with Gasteiger partial charge in [-0.05, 0) is 6.92 Å². The van der Waals surface area contributed by atoms with Crippen LogP contribution in [0.4, 0.5) is 0 Å². The zero-order valence-corrected chi connectivity index (χ0v) is 8.62. The number of hydrogen-bond acceptors (Lipinski definition) is 3. The van der Waals surface area contributed by atoms with Crippen molar-refractivity contribution in [3.8, 4) is 5.75 Å². The van der Waals surface area contributed by atoms with Crippen LogP contribution in [0.5, 0.6) is 5.75 Å². The number of methoxy groups -OCH3 is 1. The molecule has 0 heterocycles. The van der Waals surface area contributed by atoms with Crippen molar-refractivity contribution >= 4 is 0 Å². The van der Waals surface area contributed by atoms with Crippen LogP contribution < -0.4 is 0 Å². The largest absolute Gasteiger partial charge is 0.507 e. The summed E-state index contributed by atoms with van der Waals surface area (Å²) in [4.78, 5) is 0. The lowest BCUT2D eigenvalue weighted by atomic mass is 10.1. The van der Waals surface area contributed by atoms with Gasteiger partial charge in [0.05, 0.1) is 13.2 Å². The number of benzene rings is 1. The van der Waals surface area contributed by atoms with Crippen LogP contribution in [-0.4, -0.2) is 18.8 Å². The third kappa shape index (κ3) is 2.72. The number of para-hydroxylation sites is 1. The Hall–Kier alpha value is -1.06. The molecular weight excluding hydrogens is 180 g/mol. The predicted octanol–water partition coefficient (Wildman–Crippen LogP) is 2.08. The number of aromatic hydroxyl groups is 1. The molecule has 0 saturated heterocycles. The van der Waals surface area contributed by atoms with Gasteiger partial charge >= 0.3 is 0 Å². The number of hydrogen-bond donors (Lipinski definition) is 1. The molecule has 0 radical (unpaired) electrons. The molecule has 0 bridgehead atoms. The van der Waals surface area contributed by atoms with Crippen molar-refractivity contribution in [1.82, 2.24) is 0 Å². The van der Waals surface area contributed by atoms with Crippen molar-refractivity contribution in [3.63, 3.8) is 0 Å². The molecule has 0 aliphatic rings. The van der Waals surface area contributed by atoms with Gasteiger partial charge in [0.15, 0.2) is 0 Å². The van der Waals surface area contributed by atoms with Crippen LogP contribution in [0.1, 0.15) is 18.1 Å². The standard InChI is InChI=1S/C11H16O3/c1-3-14-8-10-6-4-5-9(7-13-2)11(10)12/h4-6,12H,3,7-8H2,1-2H3. The van der Waals surface area contributed by atoms with E-state index in [4.69, 9.17) is 9.47 Å². The number of phenolic OH excluding ortho intramolecular Hbond substituents is 1. The fourth-order valence-corrected chi connectivity index (χ4v) is 1.24. The fraction of sp³-hybridized carbons (Fsp3) is 0.455. The molecule has 0 amide bonds. The highest BCUT2D eigenvalue weighted by Gasteiger charge is 2.05. The Morgan fingerprint density at radius 1 is 1.21 bits per heavy atom. The van der Waals surface area contributed by atoms with Gasteiger partial charge in [-0.1, -0.05) is 18.2 Å². The molecular formula is C11H16O3. The van der Waals surface area contributed by atoms with Crippen molar-refractivity contribution < 1.29 is 14.6 Å². The minimum atomic E-state index is 0.280. The van der Waals surface area contributed by atoms with Gasteiger partial charge in [0.2, 0.25) is 0 Å². The number of phenols is 1. The first-order chi connectivity index (χ1) is 6.79. The van der Waals surface area contributed by atoms with E-state index in [1.165, 1.54) is 0 Å². The summed E-state index contributed by atoms with van der Waals surface area (Å²) in [7, 11) is 1.61. The Morgan fingerprint density at radius 3 is 2.43 bits per heavy atom. The average Bonchev–Trinajstić information content (AvgIpc) is 2.20. The van der Waals surface area contributed by atoms with Gasteiger partial charge in [-0.3, -0.25) is 0 Å². The Balaban J connectivity index is 2.78. The molecule has 0 aliphatic heterocycles. The second-order valence-corrected chi connectivity index (χ2v) is 3.00. The highest BCUT2D eigenvalue weighted by Crippen LogP contribution is 2.23. The molecule has 0 fully saturated rings. The van der Waals surface area contributed by atoms with Gasteiger partial charge in [-0.2, -0.15) is 0 Å². The third-order valence-corrected chi connectivity index (χ3v) is 1.96. The van der Waals surface area contributed by atoms with Crippen LogP contribution >= 0.6 is 0 Å². The minimum Gasteiger partial charge on any atom is -0.507 e.